The quantitative estimate of drug-likeness (QED) is 0.707. The first-order valence-corrected chi connectivity index (χ1v) is 11.6. The number of carbonyl (C=O) groups is 2. The minimum absolute atomic E-state index is 0.192. The molecule has 164 valence electrons. The Hall–Kier alpha value is -1.18. The van der Waals surface area contributed by atoms with E-state index in [0.29, 0.717) is 35.7 Å². The number of piperidine rings is 1. The number of nitrogens with zero attached hydrogens (tertiary/aromatic N) is 3. The molecule has 29 heavy (non-hydrogen) atoms. The van der Waals surface area contributed by atoms with Crippen LogP contribution < -0.4 is 5.32 Å². The molecule has 4 rings (SSSR count). The summed E-state index contributed by atoms with van der Waals surface area (Å²) in [5, 5.41) is 3.79. The van der Waals surface area contributed by atoms with E-state index in [1.165, 1.54) is 0 Å². The van der Waals surface area contributed by atoms with Crippen molar-refractivity contribution >= 4 is 11.8 Å². The van der Waals surface area contributed by atoms with Crippen LogP contribution in [0.4, 0.5) is 0 Å². The van der Waals surface area contributed by atoms with Crippen LogP contribution in [0.25, 0.3) is 0 Å². The Kier molecular flexibility index (Phi) is 6.76. The second-order valence-electron chi connectivity index (χ2n) is 9.54. The Bertz CT molecular complexity index is 587. The van der Waals surface area contributed by atoms with Gasteiger partial charge in [0, 0.05) is 64.7 Å². The molecule has 1 N–H and O–H groups in total. The molecule has 4 atom stereocenters. The lowest BCUT2D eigenvalue weighted by Gasteiger charge is -2.33. The molecule has 0 radical (unpaired) electrons. The molecule has 0 bridgehead atoms. The molecule has 7 nitrogen and oxygen atoms in total. The van der Waals surface area contributed by atoms with Gasteiger partial charge in [0.05, 0.1) is 13.2 Å². The van der Waals surface area contributed by atoms with Gasteiger partial charge in [-0.25, -0.2) is 0 Å². The average molecular weight is 407 g/mol. The number of rotatable bonds is 6. The summed E-state index contributed by atoms with van der Waals surface area (Å²) in [6.45, 7) is 12.2. The molecule has 1 aliphatic carbocycles. The first kappa shape index (κ1) is 21.1. The average Bonchev–Trinajstić information content (AvgIpc) is 3.18. The van der Waals surface area contributed by atoms with Gasteiger partial charge < -0.3 is 19.9 Å². The topological polar surface area (TPSA) is 65.1 Å². The lowest BCUT2D eigenvalue weighted by Crippen LogP contribution is -2.46. The van der Waals surface area contributed by atoms with Crippen LogP contribution in [0, 0.1) is 17.8 Å². The number of likely N-dealkylation sites (tertiary alicyclic amines) is 2. The van der Waals surface area contributed by atoms with Crippen molar-refractivity contribution in [3.05, 3.63) is 0 Å². The van der Waals surface area contributed by atoms with E-state index in [-0.39, 0.29) is 5.91 Å². The fraction of sp³-hybridized carbons (Fsp3) is 0.909. The molecule has 0 unspecified atom stereocenters. The fourth-order valence-corrected chi connectivity index (χ4v) is 6.01. The van der Waals surface area contributed by atoms with Crippen molar-refractivity contribution in [2.24, 2.45) is 17.8 Å². The lowest BCUT2D eigenvalue weighted by atomic mass is 9.88. The van der Waals surface area contributed by atoms with Gasteiger partial charge in [-0.15, -0.1) is 0 Å². The highest BCUT2D eigenvalue weighted by Crippen LogP contribution is 2.45. The first-order chi connectivity index (χ1) is 14.0. The Morgan fingerprint density at radius 3 is 2.55 bits per heavy atom. The van der Waals surface area contributed by atoms with E-state index in [1.807, 2.05) is 4.90 Å². The summed E-state index contributed by atoms with van der Waals surface area (Å²) >= 11 is 0. The maximum absolute atomic E-state index is 12.7. The largest absolute Gasteiger partial charge is 0.379 e. The van der Waals surface area contributed by atoms with Crippen molar-refractivity contribution in [2.45, 2.75) is 51.6 Å². The van der Waals surface area contributed by atoms with Gasteiger partial charge in [-0.05, 0) is 43.6 Å². The highest BCUT2D eigenvalue weighted by molar-refractivity contribution is 5.79. The number of ether oxygens (including phenoxy) is 1. The van der Waals surface area contributed by atoms with Gasteiger partial charge in [0.2, 0.25) is 11.8 Å². The summed E-state index contributed by atoms with van der Waals surface area (Å²) in [5.74, 6) is 2.31. The predicted molar refractivity (Wildman–Crippen MR) is 111 cm³/mol. The minimum atomic E-state index is 0.192. The van der Waals surface area contributed by atoms with Crippen molar-refractivity contribution in [3.8, 4) is 0 Å². The summed E-state index contributed by atoms with van der Waals surface area (Å²) < 4.78 is 5.44. The molecule has 0 aromatic carbocycles. The standard InChI is InChI=1S/C22H38N4O3/c1-16-13-21-19(14-22(28)26(21)8-7-24-9-11-29-12-10-24)20(16)15-23-18-3-5-25(6-4-18)17(2)27/h16,18-21,23H,3-15H2,1-2H3/t16-,19-,20+,21+/m0/s1. The monoisotopic (exact) mass is 406 g/mol. The molecule has 1 saturated carbocycles. The van der Waals surface area contributed by atoms with Crippen LogP contribution in [0.1, 0.15) is 39.5 Å². The second-order valence-corrected chi connectivity index (χ2v) is 9.54. The van der Waals surface area contributed by atoms with Crippen molar-refractivity contribution in [1.82, 2.24) is 20.0 Å². The normalized spacial score (nSPS) is 34.1. The van der Waals surface area contributed by atoms with Gasteiger partial charge in [-0.2, -0.15) is 0 Å². The lowest BCUT2D eigenvalue weighted by molar-refractivity contribution is -0.130. The maximum Gasteiger partial charge on any atom is 0.223 e. The van der Waals surface area contributed by atoms with E-state index in [1.54, 1.807) is 6.92 Å². The van der Waals surface area contributed by atoms with E-state index in [2.05, 4.69) is 22.0 Å². The third-order valence-corrected chi connectivity index (χ3v) is 7.86. The molecule has 3 saturated heterocycles. The number of fused-ring (bicyclic) bond motifs is 1. The first-order valence-electron chi connectivity index (χ1n) is 11.6. The van der Waals surface area contributed by atoms with Crippen LogP contribution >= 0.6 is 0 Å². The second kappa shape index (κ2) is 9.31. The molecule has 2 amide bonds. The zero-order chi connectivity index (χ0) is 20.4. The zero-order valence-corrected chi connectivity index (χ0v) is 18.1. The summed E-state index contributed by atoms with van der Waals surface area (Å²) in [6, 6.07) is 0.941. The van der Waals surface area contributed by atoms with E-state index in [0.717, 1.165) is 84.7 Å². The number of morpholine rings is 1. The fourth-order valence-electron chi connectivity index (χ4n) is 6.01. The highest BCUT2D eigenvalue weighted by Gasteiger charge is 2.50. The highest BCUT2D eigenvalue weighted by atomic mass is 16.5. The maximum atomic E-state index is 12.7. The summed E-state index contributed by atoms with van der Waals surface area (Å²) in [4.78, 5) is 30.8. The Labute approximate surface area is 175 Å². The van der Waals surface area contributed by atoms with Crippen LogP contribution in [-0.4, -0.2) is 97.6 Å². The molecule has 7 heteroatoms. The van der Waals surface area contributed by atoms with E-state index >= 15 is 0 Å². The molecular weight excluding hydrogens is 368 g/mol. The van der Waals surface area contributed by atoms with Crippen LogP contribution in [0.5, 0.6) is 0 Å². The van der Waals surface area contributed by atoms with Crippen LogP contribution in [0.15, 0.2) is 0 Å². The molecule has 0 aromatic heterocycles. The Morgan fingerprint density at radius 2 is 1.86 bits per heavy atom. The Balaban J connectivity index is 1.26. The van der Waals surface area contributed by atoms with E-state index < -0.39 is 0 Å². The predicted octanol–water partition coefficient (Wildman–Crippen LogP) is 0.792. The van der Waals surface area contributed by atoms with Gasteiger partial charge in [0.1, 0.15) is 0 Å². The van der Waals surface area contributed by atoms with Gasteiger partial charge >= 0.3 is 0 Å². The van der Waals surface area contributed by atoms with Crippen molar-refractivity contribution in [3.63, 3.8) is 0 Å². The molecule has 0 aromatic rings. The smallest absolute Gasteiger partial charge is 0.223 e. The molecule has 0 spiro atoms. The van der Waals surface area contributed by atoms with Crippen molar-refractivity contribution < 1.29 is 14.3 Å². The van der Waals surface area contributed by atoms with Gasteiger partial charge in [-0.3, -0.25) is 14.5 Å². The number of nitrogens with one attached hydrogen (secondary N) is 1. The van der Waals surface area contributed by atoms with Crippen molar-refractivity contribution in [2.75, 3.05) is 59.0 Å². The zero-order valence-electron chi connectivity index (χ0n) is 18.1. The number of hydrogen-bond acceptors (Lipinski definition) is 5. The minimum Gasteiger partial charge on any atom is -0.379 e. The number of amides is 2. The van der Waals surface area contributed by atoms with Crippen LogP contribution in [0.2, 0.25) is 0 Å². The van der Waals surface area contributed by atoms with E-state index in [4.69, 9.17) is 4.74 Å². The molecule has 3 heterocycles. The molecule has 4 fully saturated rings. The number of carbonyl (C=O) groups excluding carboxylic acids is 2. The third kappa shape index (κ3) is 4.78. The Morgan fingerprint density at radius 1 is 1.14 bits per heavy atom. The molecular formula is C22H38N4O3. The summed E-state index contributed by atoms with van der Waals surface area (Å²) in [6.07, 6.45) is 3.96. The van der Waals surface area contributed by atoms with Crippen LogP contribution in [0.3, 0.4) is 0 Å². The van der Waals surface area contributed by atoms with Gasteiger partial charge in [0.15, 0.2) is 0 Å². The van der Waals surface area contributed by atoms with Crippen LogP contribution in [-0.2, 0) is 14.3 Å². The van der Waals surface area contributed by atoms with Crippen molar-refractivity contribution in [1.29, 1.82) is 0 Å². The van der Waals surface area contributed by atoms with Gasteiger partial charge in [0.25, 0.3) is 0 Å². The number of hydrogen-bond donors (Lipinski definition) is 1. The third-order valence-electron chi connectivity index (χ3n) is 7.86. The van der Waals surface area contributed by atoms with Gasteiger partial charge in [-0.1, -0.05) is 6.92 Å². The summed E-state index contributed by atoms with van der Waals surface area (Å²) in [5.41, 5.74) is 0. The molecule has 4 aliphatic rings. The SMILES string of the molecule is CC(=O)N1CCC(NC[C@H]2[C@@H]3CC(=O)N(CCN4CCOCC4)[C@@H]3C[C@@H]2C)CC1. The molecule has 3 aliphatic heterocycles. The van der Waals surface area contributed by atoms with E-state index in [9.17, 15) is 9.59 Å². The summed E-state index contributed by atoms with van der Waals surface area (Å²) in [7, 11) is 0.